The van der Waals surface area contributed by atoms with Crippen LogP contribution in [0.25, 0.3) is 0 Å². The molecule has 0 fully saturated rings. The summed E-state index contributed by atoms with van der Waals surface area (Å²) < 4.78 is 27.0. The zero-order valence-corrected chi connectivity index (χ0v) is 5.86. The number of benzene rings is 1. The first-order chi connectivity index (χ1) is 6.00. The molecule has 0 bridgehead atoms. The second-order valence-electron chi connectivity index (χ2n) is 1.88. The molecule has 1 aromatic carbocycles. The van der Waals surface area contributed by atoms with Crippen LogP contribution in [0.2, 0.25) is 0 Å². The van der Waals surface area contributed by atoms with Gasteiger partial charge in [0.15, 0.2) is 11.5 Å². The molecule has 0 radical (unpaired) electrons. The van der Waals surface area contributed by atoms with Crippen LogP contribution in [0.1, 0.15) is 9.68 Å². The van der Waals surface area contributed by atoms with E-state index in [-0.39, 0.29) is 35.2 Å². The molecule has 0 aliphatic heterocycles. The molecule has 0 heterocycles. The van der Waals surface area contributed by atoms with Gasteiger partial charge in [0.05, 0.1) is 11.2 Å². The Kier molecular flexibility index (Phi) is 1.01. The standard InChI is InChI=1S/C8H10O2/c1-6-3-4-8(10-2)7(9)5-6/h3-5,9H,1-2H3/i3D,4D,5D. The number of phenols is 1. The largest absolute Gasteiger partial charge is 0.504 e. The highest BCUT2D eigenvalue weighted by molar-refractivity contribution is 5.41. The molecule has 0 aromatic heterocycles. The van der Waals surface area contributed by atoms with Gasteiger partial charge in [-0.15, -0.1) is 0 Å². The lowest BCUT2D eigenvalue weighted by atomic mass is 10.2. The van der Waals surface area contributed by atoms with Crippen molar-refractivity contribution in [3.63, 3.8) is 0 Å². The molecule has 2 heteroatoms. The Morgan fingerprint density at radius 3 is 2.90 bits per heavy atom. The number of hydrogen-bond acceptors (Lipinski definition) is 2. The predicted molar refractivity (Wildman–Crippen MR) is 39.4 cm³/mol. The van der Waals surface area contributed by atoms with Gasteiger partial charge in [0, 0.05) is 0 Å². The summed E-state index contributed by atoms with van der Waals surface area (Å²) in [5.41, 5.74) is 0.281. The molecular weight excluding hydrogens is 128 g/mol. The van der Waals surface area contributed by atoms with Crippen molar-refractivity contribution in [2.45, 2.75) is 6.92 Å². The third-order valence-electron chi connectivity index (χ3n) is 1.09. The van der Waals surface area contributed by atoms with Gasteiger partial charge in [-0.2, -0.15) is 0 Å². The SMILES string of the molecule is [2H]c1c([2H])c(OC)c(O)c([2H])c1C. The van der Waals surface area contributed by atoms with E-state index in [4.69, 9.17) is 8.85 Å². The van der Waals surface area contributed by atoms with Gasteiger partial charge in [-0.1, -0.05) is 6.04 Å². The lowest BCUT2D eigenvalue weighted by molar-refractivity contribution is 0.373. The molecule has 0 spiro atoms. The monoisotopic (exact) mass is 141 g/mol. The third kappa shape index (κ3) is 1.21. The molecule has 54 valence electrons. The van der Waals surface area contributed by atoms with Crippen LogP contribution in [0.4, 0.5) is 0 Å². The minimum absolute atomic E-state index is 0.0837. The second kappa shape index (κ2) is 2.60. The molecular formula is C8H10O2. The van der Waals surface area contributed by atoms with Crippen LogP contribution in [0, 0.1) is 6.92 Å². The number of rotatable bonds is 1. The fraction of sp³-hybridized carbons (Fsp3) is 0.250. The van der Waals surface area contributed by atoms with Gasteiger partial charge in [-0.3, -0.25) is 0 Å². The average Bonchev–Trinajstić information content (AvgIpc) is 2.13. The van der Waals surface area contributed by atoms with Gasteiger partial charge in [-0.05, 0) is 24.6 Å². The van der Waals surface area contributed by atoms with Crippen molar-refractivity contribution >= 4 is 0 Å². The smallest absolute Gasteiger partial charge is 0.160 e. The van der Waals surface area contributed by atoms with Gasteiger partial charge < -0.3 is 9.84 Å². The maximum absolute atomic E-state index is 9.37. The second-order valence-corrected chi connectivity index (χ2v) is 1.88. The van der Waals surface area contributed by atoms with Crippen molar-refractivity contribution in [1.29, 1.82) is 0 Å². The first kappa shape index (κ1) is 3.86. The predicted octanol–water partition coefficient (Wildman–Crippen LogP) is 1.71. The van der Waals surface area contributed by atoms with E-state index in [9.17, 15) is 5.11 Å². The van der Waals surface area contributed by atoms with E-state index in [0.29, 0.717) is 0 Å². The highest BCUT2D eigenvalue weighted by Gasteiger charge is 1.97. The van der Waals surface area contributed by atoms with Crippen molar-refractivity contribution < 1.29 is 14.0 Å². The van der Waals surface area contributed by atoms with E-state index in [1.807, 2.05) is 0 Å². The Labute approximate surface area is 64.3 Å². The number of phenolic OH excluding ortho intramolecular Hbond substituents is 1. The molecule has 0 atom stereocenters. The maximum Gasteiger partial charge on any atom is 0.160 e. The molecule has 1 aromatic rings. The summed E-state index contributed by atoms with van der Waals surface area (Å²) in [6.07, 6.45) is 0. The van der Waals surface area contributed by atoms with E-state index in [2.05, 4.69) is 0 Å². The first-order valence-electron chi connectivity index (χ1n) is 4.34. The summed E-state index contributed by atoms with van der Waals surface area (Å²) >= 11 is 0. The van der Waals surface area contributed by atoms with Crippen LogP contribution in [-0.2, 0) is 0 Å². The van der Waals surface area contributed by atoms with E-state index < -0.39 is 0 Å². The maximum atomic E-state index is 9.37. The highest BCUT2D eigenvalue weighted by atomic mass is 16.5. The lowest BCUT2D eigenvalue weighted by Crippen LogP contribution is -1.82. The fourth-order valence-electron chi connectivity index (χ4n) is 0.623. The molecule has 2 nitrogen and oxygen atoms in total. The Balaban J connectivity index is 3.56. The molecule has 1 rings (SSSR count). The van der Waals surface area contributed by atoms with Crippen molar-refractivity contribution in [3.8, 4) is 11.5 Å². The number of methoxy groups -OCH3 is 1. The van der Waals surface area contributed by atoms with Crippen LogP contribution in [-0.4, -0.2) is 12.2 Å². The van der Waals surface area contributed by atoms with Gasteiger partial charge in [0.2, 0.25) is 0 Å². The number of ether oxygens (including phenoxy) is 1. The summed E-state index contributed by atoms with van der Waals surface area (Å²) in [6, 6.07) is -0.425. The van der Waals surface area contributed by atoms with E-state index in [1.165, 1.54) is 14.0 Å². The third-order valence-corrected chi connectivity index (χ3v) is 1.09. The van der Waals surface area contributed by atoms with Crippen molar-refractivity contribution in [2.75, 3.05) is 7.11 Å². The summed E-state index contributed by atoms with van der Waals surface area (Å²) in [5, 5.41) is 9.37. The summed E-state index contributed by atoms with van der Waals surface area (Å²) in [4.78, 5) is 0. The minimum atomic E-state index is -0.374. The van der Waals surface area contributed by atoms with E-state index in [0.717, 1.165) is 0 Å². The molecule has 0 amide bonds. The van der Waals surface area contributed by atoms with Gasteiger partial charge >= 0.3 is 0 Å². The van der Waals surface area contributed by atoms with Gasteiger partial charge in [0.25, 0.3) is 0 Å². The van der Waals surface area contributed by atoms with Crippen LogP contribution in [0.5, 0.6) is 11.5 Å². The summed E-state index contributed by atoms with van der Waals surface area (Å²) in [5.74, 6) is -0.485. The van der Waals surface area contributed by atoms with Gasteiger partial charge in [0.1, 0.15) is 0 Å². The Morgan fingerprint density at radius 1 is 1.60 bits per heavy atom. The minimum Gasteiger partial charge on any atom is -0.504 e. The zero-order valence-electron chi connectivity index (χ0n) is 8.86. The average molecular weight is 141 g/mol. The van der Waals surface area contributed by atoms with Crippen LogP contribution >= 0.6 is 0 Å². The van der Waals surface area contributed by atoms with Crippen LogP contribution in [0.15, 0.2) is 18.1 Å². The van der Waals surface area contributed by atoms with Crippen molar-refractivity contribution in [1.82, 2.24) is 0 Å². The number of hydrogen-bond donors (Lipinski definition) is 1. The quantitative estimate of drug-likeness (QED) is 0.645. The Morgan fingerprint density at radius 2 is 2.30 bits per heavy atom. The molecule has 0 unspecified atom stereocenters. The summed E-state index contributed by atoms with van der Waals surface area (Å²) in [7, 11) is 1.29. The molecule has 1 N–H and O–H groups in total. The molecule has 0 saturated heterocycles. The lowest BCUT2D eigenvalue weighted by Gasteiger charge is -2.01. The van der Waals surface area contributed by atoms with E-state index >= 15 is 0 Å². The van der Waals surface area contributed by atoms with Crippen molar-refractivity contribution in [3.05, 3.63) is 23.7 Å². The molecule has 0 aliphatic carbocycles. The topological polar surface area (TPSA) is 29.5 Å². The Bertz CT molecular complexity index is 321. The molecule has 0 saturated carbocycles. The summed E-state index contributed by atoms with van der Waals surface area (Å²) in [6.45, 7) is 1.52. The number of aromatic hydroxyl groups is 1. The van der Waals surface area contributed by atoms with Crippen LogP contribution < -0.4 is 4.74 Å². The zero-order chi connectivity index (χ0) is 10.2. The van der Waals surface area contributed by atoms with Gasteiger partial charge in [-0.25, -0.2) is 0 Å². The fourth-order valence-corrected chi connectivity index (χ4v) is 0.623. The normalized spacial score (nSPS) is 13.6. The molecule has 10 heavy (non-hydrogen) atoms. The molecule has 0 aliphatic rings. The highest BCUT2D eigenvalue weighted by Crippen LogP contribution is 2.25. The first-order valence-corrected chi connectivity index (χ1v) is 2.84. The van der Waals surface area contributed by atoms with Crippen molar-refractivity contribution in [2.24, 2.45) is 0 Å². The van der Waals surface area contributed by atoms with E-state index in [1.54, 1.807) is 0 Å². The van der Waals surface area contributed by atoms with Crippen LogP contribution in [0.3, 0.4) is 0 Å². The Hall–Kier alpha value is -1.18.